The van der Waals surface area contributed by atoms with Crippen molar-refractivity contribution in [3.63, 3.8) is 0 Å². The van der Waals surface area contributed by atoms with Crippen molar-refractivity contribution in [2.75, 3.05) is 18.0 Å². The predicted molar refractivity (Wildman–Crippen MR) is 79.6 cm³/mol. The summed E-state index contributed by atoms with van der Waals surface area (Å²) in [5, 5.41) is 15.8. The van der Waals surface area contributed by atoms with Gasteiger partial charge in [0, 0.05) is 32.0 Å². The Kier molecular flexibility index (Phi) is 4.29. The number of hydrogen-bond acceptors (Lipinski definition) is 5. The second-order valence-corrected chi connectivity index (χ2v) is 5.96. The minimum Gasteiger partial charge on any atom is -0.351 e. The van der Waals surface area contributed by atoms with Gasteiger partial charge >= 0.3 is 5.69 Å². The largest absolute Gasteiger partial charge is 0.351 e. The first kappa shape index (κ1) is 15.5. The summed E-state index contributed by atoms with van der Waals surface area (Å²) >= 11 is 0. The highest BCUT2D eigenvalue weighted by Crippen LogP contribution is 2.37. The van der Waals surface area contributed by atoms with Crippen molar-refractivity contribution in [3.8, 4) is 0 Å². The number of nitrogens with zero attached hydrogens (tertiary/aromatic N) is 4. The number of ketones is 1. The highest BCUT2D eigenvalue weighted by atomic mass is 16.6. The van der Waals surface area contributed by atoms with E-state index in [-0.39, 0.29) is 28.2 Å². The molecule has 0 N–H and O–H groups in total. The molecule has 1 fully saturated rings. The SMILES string of the molecule is CC(=O)C1CCN(c2c([N+](=O)[O-])c(C(C)C)nn2C)CC1. The van der Waals surface area contributed by atoms with Gasteiger partial charge in [-0.05, 0) is 19.8 Å². The molecule has 2 heterocycles. The number of hydrogen-bond donors (Lipinski definition) is 0. The number of aryl methyl sites for hydroxylation is 1. The van der Waals surface area contributed by atoms with E-state index in [1.807, 2.05) is 18.7 Å². The average molecular weight is 294 g/mol. The van der Waals surface area contributed by atoms with Crippen LogP contribution < -0.4 is 4.90 Å². The third kappa shape index (κ3) is 2.91. The van der Waals surface area contributed by atoms with Gasteiger partial charge in [0.2, 0.25) is 5.82 Å². The summed E-state index contributed by atoms with van der Waals surface area (Å²) in [5.41, 5.74) is 0.625. The van der Waals surface area contributed by atoms with E-state index in [2.05, 4.69) is 5.10 Å². The maximum atomic E-state index is 11.4. The smallest absolute Gasteiger partial charge is 0.334 e. The van der Waals surface area contributed by atoms with Crippen molar-refractivity contribution in [2.45, 2.75) is 39.5 Å². The summed E-state index contributed by atoms with van der Waals surface area (Å²) < 4.78 is 1.60. The lowest BCUT2D eigenvalue weighted by Gasteiger charge is -2.31. The fraction of sp³-hybridized carbons (Fsp3) is 0.714. The molecule has 1 saturated heterocycles. The predicted octanol–water partition coefficient (Wildman–Crippen LogP) is 2.26. The number of Topliss-reactive ketones (excluding diaryl/α,β-unsaturated/α-hetero) is 1. The molecule has 2 rings (SSSR count). The van der Waals surface area contributed by atoms with Crippen LogP contribution in [-0.2, 0) is 11.8 Å². The molecule has 0 saturated carbocycles. The molecule has 21 heavy (non-hydrogen) atoms. The number of carbonyl (C=O) groups excluding carboxylic acids is 1. The van der Waals surface area contributed by atoms with Crippen LogP contribution >= 0.6 is 0 Å². The lowest BCUT2D eigenvalue weighted by molar-refractivity contribution is -0.385. The molecule has 7 heteroatoms. The van der Waals surface area contributed by atoms with E-state index < -0.39 is 0 Å². The van der Waals surface area contributed by atoms with Gasteiger partial charge in [-0.3, -0.25) is 14.9 Å². The maximum Gasteiger partial charge on any atom is 0.334 e. The zero-order chi connectivity index (χ0) is 15.7. The Labute approximate surface area is 124 Å². The second-order valence-electron chi connectivity index (χ2n) is 5.96. The average Bonchev–Trinajstić information content (AvgIpc) is 2.76. The van der Waals surface area contributed by atoms with E-state index in [1.54, 1.807) is 18.7 Å². The first-order valence-corrected chi connectivity index (χ1v) is 7.29. The Hall–Kier alpha value is -1.92. The molecule has 1 aliphatic rings. The van der Waals surface area contributed by atoms with Crippen molar-refractivity contribution >= 4 is 17.3 Å². The van der Waals surface area contributed by atoms with Gasteiger partial charge in [-0.2, -0.15) is 5.10 Å². The van der Waals surface area contributed by atoms with E-state index in [4.69, 9.17) is 0 Å². The monoisotopic (exact) mass is 294 g/mol. The van der Waals surface area contributed by atoms with Crippen molar-refractivity contribution in [3.05, 3.63) is 15.8 Å². The first-order chi connectivity index (χ1) is 9.82. The quantitative estimate of drug-likeness (QED) is 0.628. The normalized spacial score (nSPS) is 16.5. The first-order valence-electron chi connectivity index (χ1n) is 7.29. The molecule has 116 valence electrons. The number of rotatable bonds is 4. The summed E-state index contributed by atoms with van der Waals surface area (Å²) in [5.74, 6) is 0.848. The molecule has 0 aliphatic carbocycles. The van der Waals surface area contributed by atoms with E-state index >= 15 is 0 Å². The van der Waals surface area contributed by atoms with Gasteiger partial charge < -0.3 is 4.90 Å². The molecule has 1 aliphatic heterocycles. The highest BCUT2D eigenvalue weighted by Gasteiger charge is 2.34. The van der Waals surface area contributed by atoms with Crippen LogP contribution in [0.1, 0.15) is 45.2 Å². The minimum absolute atomic E-state index is 0.000101. The van der Waals surface area contributed by atoms with Crippen LogP contribution in [0.5, 0.6) is 0 Å². The highest BCUT2D eigenvalue weighted by molar-refractivity contribution is 5.78. The van der Waals surface area contributed by atoms with Gasteiger partial charge in [-0.15, -0.1) is 0 Å². The summed E-state index contributed by atoms with van der Waals surface area (Å²) in [6.45, 7) is 6.73. The molecule has 1 aromatic heterocycles. The van der Waals surface area contributed by atoms with E-state index in [0.717, 1.165) is 12.8 Å². The molecule has 0 bridgehead atoms. The minimum atomic E-state index is -0.339. The van der Waals surface area contributed by atoms with Crippen molar-refractivity contribution < 1.29 is 9.72 Å². The van der Waals surface area contributed by atoms with Gasteiger partial charge in [0.05, 0.1) is 4.92 Å². The van der Waals surface area contributed by atoms with E-state index in [1.165, 1.54) is 0 Å². The summed E-state index contributed by atoms with van der Waals surface area (Å²) in [7, 11) is 1.74. The Morgan fingerprint density at radius 1 is 1.38 bits per heavy atom. The number of anilines is 1. The van der Waals surface area contributed by atoms with Gasteiger partial charge in [0.1, 0.15) is 11.5 Å². The van der Waals surface area contributed by atoms with Gasteiger partial charge in [-0.1, -0.05) is 13.8 Å². The van der Waals surface area contributed by atoms with Gasteiger partial charge in [0.25, 0.3) is 0 Å². The van der Waals surface area contributed by atoms with Crippen molar-refractivity contribution in [1.82, 2.24) is 9.78 Å². The summed E-state index contributed by atoms with van der Waals surface area (Å²) in [6, 6.07) is 0. The Morgan fingerprint density at radius 2 is 1.95 bits per heavy atom. The fourth-order valence-corrected chi connectivity index (χ4v) is 2.94. The molecule has 1 aromatic rings. The van der Waals surface area contributed by atoms with Crippen LogP contribution in [0.25, 0.3) is 0 Å². The zero-order valence-corrected chi connectivity index (χ0v) is 13.0. The van der Waals surface area contributed by atoms with Crippen LogP contribution in [0.3, 0.4) is 0 Å². The maximum absolute atomic E-state index is 11.4. The number of nitro groups is 1. The molecule has 0 aromatic carbocycles. The summed E-state index contributed by atoms with van der Waals surface area (Å²) in [6.07, 6.45) is 1.49. The lowest BCUT2D eigenvalue weighted by atomic mass is 9.93. The molecule has 0 unspecified atom stereocenters. The Bertz CT molecular complexity index is 557. The number of aromatic nitrogens is 2. The summed E-state index contributed by atoms with van der Waals surface area (Å²) in [4.78, 5) is 24.5. The number of piperidine rings is 1. The standard InChI is InChI=1S/C14H22N4O3/c1-9(2)12-13(18(20)21)14(16(4)15-12)17-7-5-11(6-8-17)10(3)19/h9,11H,5-8H2,1-4H3. The Morgan fingerprint density at radius 3 is 2.38 bits per heavy atom. The van der Waals surface area contributed by atoms with Crippen molar-refractivity contribution in [2.24, 2.45) is 13.0 Å². The Balaban J connectivity index is 2.32. The van der Waals surface area contributed by atoms with Gasteiger partial charge in [0.15, 0.2) is 0 Å². The molecule has 0 radical (unpaired) electrons. The van der Waals surface area contributed by atoms with E-state index in [0.29, 0.717) is 24.6 Å². The van der Waals surface area contributed by atoms with Crippen molar-refractivity contribution in [1.29, 1.82) is 0 Å². The molecular formula is C14H22N4O3. The fourth-order valence-electron chi connectivity index (χ4n) is 2.94. The molecule has 0 amide bonds. The second kappa shape index (κ2) is 5.83. The van der Waals surface area contributed by atoms with E-state index in [9.17, 15) is 14.9 Å². The van der Waals surface area contributed by atoms with Crippen LogP contribution in [0, 0.1) is 16.0 Å². The third-order valence-electron chi connectivity index (χ3n) is 4.12. The molecule has 0 spiro atoms. The molecule has 7 nitrogen and oxygen atoms in total. The zero-order valence-electron chi connectivity index (χ0n) is 13.0. The van der Waals surface area contributed by atoms with Crippen LogP contribution in [0.4, 0.5) is 11.5 Å². The van der Waals surface area contributed by atoms with Crippen LogP contribution in [0.15, 0.2) is 0 Å². The van der Waals surface area contributed by atoms with Crippen LogP contribution in [-0.4, -0.2) is 33.6 Å². The van der Waals surface area contributed by atoms with Crippen LogP contribution in [0.2, 0.25) is 0 Å². The molecule has 0 atom stereocenters. The third-order valence-corrected chi connectivity index (χ3v) is 4.12. The number of carbonyl (C=O) groups is 1. The topological polar surface area (TPSA) is 81.3 Å². The lowest BCUT2D eigenvalue weighted by Crippen LogP contribution is -2.37. The van der Waals surface area contributed by atoms with Gasteiger partial charge in [-0.25, -0.2) is 4.68 Å². The molecular weight excluding hydrogens is 272 g/mol.